The molecule has 3 heteroatoms. The standard InChI is InChI=1S/C13H19N2.Ni/c1-9(2)5-12-7-11(8-14)13(15-12)6-10(3)4;/h8-9,14-15H,3,5-6H2,1-2,4H3;. The maximum atomic E-state index is 7.43. The molecule has 0 bridgehead atoms. The summed E-state index contributed by atoms with van der Waals surface area (Å²) in [5.41, 5.74) is 4.10. The molecule has 0 aromatic carbocycles. The Morgan fingerprint density at radius 3 is 2.56 bits per heavy atom. The van der Waals surface area contributed by atoms with Crippen molar-refractivity contribution < 1.29 is 15.5 Å². The first-order chi connectivity index (χ1) is 7.45. The van der Waals surface area contributed by atoms with Crippen molar-refractivity contribution in [2.45, 2.75) is 33.6 Å². The molecule has 0 radical (unpaired) electrons. The summed E-state index contributed by atoms with van der Waals surface area (Å²) in [6, 6.07) is 0. The molecule has 0 spiro atoms. The zero-order chi connectivity index (χ0) is 12.3. The van der Waals surface area contributed by atoms with Gasteiger partial charge in [-0.2, -0.15) is 0 Å². The van der Waals surface area contributed by atoms with E-state index in [4.69, 9.17) is 20.9 Å². The van der Waals surface area contributed by atoms with Crippen LogP contribution in [-0.4, -0.2) is 11.2 Å². The quantitative estimate of drug-likeness (QED) is 0.465. The Kier molecular flexibility index (Phi) is 4.55. The molecule has 1 heterocycles. The number of rotatable bonds is 5. The van der Waals surface area contributed by atoms with Gasteiger partial charge < -0.3 is 0 Å². The number of aromatic nitrogens is 1. The topological polar surface area (TPSA) is 39.6 Å². The van der Waals surface area contributed by atoms with E-state index in [-0.39, 0.29) is 0 Å². The van der Waals surface area contributed by atoms with E-state index >= 15 is 0 Å². The van der Waals surface area contributed by atoms with Gasteiger partial charge in [-0.15, -0.1) is 0 Å². The zero-order valence-corrected chi connectivity index (χ0v) is 11.1. The third-order valence-corrected chi connectivity index (χ3v) is 2.89. The van der Waals surface area contributed by atoms with Gasteiger partial charge in [-0.3, -0.25) is 0 Å². The summed E-state index contributed by atoms with van der Waals surface area (Å²) in [5.74, 6) is 0.573. The first-order valence-corrected chi connectivity index (χ1v) is 5.96. The van der Waals surface area contributed by atoms with Gasteiger partial charge >= 0.3 is 105 Å². The number of H-pyrrole nitrogens is 1. The molecule has 91 valence electrons. The van der Waals surface area contributed by atoms with E-state index in [1.165, 1.54) is 6.21 Å². The van der Waals surface area contributed by atoms with Crippen LogP contribution in [0.3, 0.4) is 0 Å². The molecule has 0 saturated heterocycles. The van der Waals surface area contributed by atoms with Gasteiger partial charge in [0.1, 0.15) is 0 Å². The maximum absolute atomic E-state index is 7.43. The van der Waals surface area contributed by atoms with Crippen LogP contribution in [0.4, 0.5) is 0 Å². The predicted octanol–water partition coefficient (Wildman–Crippen LogP) is 2.50. The van der Waals surface area contributed by atoms with E-state index in [2.05, 4.69) is 25.4 Å². The summed E-state index contributed by atoms with van der Waals surface area (Å²) >= 11 is 5.04. The van der Waals surface area contributed by atoms with Crippen LogP contribution in [0, 0.1) is 11.3 Å². The minimum absolute atomic E-state index is 0.573. The molecule has 0 unspecified atom stereocenters. The molecule has 1 aromatic heterocycles. The fraction of sp³-hybridized carbons (Fsp3) is 0.462. The summed E-state index contributed by atoms with van der Waals surface area (Å²) in [6.45, 7) is 10.2. The van der Waals surface area contributed by atoms with Gasteiger partial charge in [-0.1, -0.05) is 0 Å². The minimum atomic E-state index is 0.573. The molecule has 0 saturated carbocycles. The van der Waals surface area contributed by atoms with Gasteiger partial charge in [-0.25, -0.2) is 0 Å². The van der Waals surface area contributed by atoms with Gasteiger partial charge in [0, 0.05) is 0 Å². The molecule has 16 heavy (non-hydrogen) atoms. The zero-order valence-electron chi connectivity index (χ0n) is 10.1. The second kappa shape index (κ2) is 5.49. The van der Waals surface area contributed by atoms with E-state index in [0.717, 1.165) is 39.9 Å². The fourth-order valence-electron chi connectivity index (χ4n) is 1.72. The molecule has 2 nitrogen and oxygen atoms in total. The Balaban J connectivity index is 3.09. The predicted molar refractivity (Wildman–Crippen MR) is 65.4 cm³/mol. The number of aromatic amines is 1. The summed E-state index contributed by atoms with van der Waals surface area (Å²) in [5, 5.41) is 7.43. The van der Waals surface area contributed by atoms with Crippen LogP contribution in [0.15, 0.2) is 12.2 Å². The van der Waals surface area contributed by atoms with Crippen molar-refractivity contribution in [2.75, 3.05) is 0 Å². The molecule has 0 amide bonds. The van der Waals surface area contributed by atoms with Crippen molar-refractivity contribution in [3.8, 4) is 0 Å². The van der Waals surface area contributed by atoms with Crippen molar-refractivity contribution in [2.24, 2.45) is 5.92 Å². The third-order valence-electron chi connectivity index (χ3n) is 2.33. The summed E-state index contributed by atoms with van der Waals surface area (Å²) in [6.07, 6.45) is 3.09. The molecule has 0 aliphatic rings. The molecular formula is C13H19N2Ni. The monoisotopic (exact) mass is 261 g/mol. The molecule has 0 fully saturated rings. The number of allylic oxidation sites excluding steroid dienone is 1. The summed E-state index contributed by atoms with van der Waals surface area (Å²) < 4.78 is 0.847. The Morgan fingerprint density at radius 2 is 2.12 bits per heavy atom. The van der Waals surface area contributed by atoms with Crippen molar-refractivity contribution in [3.05, 3.63) is 29.1 Å². The number of nitrogens with one attached hydrogen (secondary N) is 2. The average molecular weight is 262 g/mol. The van der Waals surface area contributed by atoms with E-state index < -0.39 is 0 Å². The van der Waals surface area contributed by atoms with Crippen LogP contribution in [0.25, 0.3) is 0 Å². The average Bonchev–Trinajstić information content (AvgIpc) is 2.41. The van der Waals surface area contributed by atoms with Crippen LogP contribution in [0.1, 0.15) is 37.7 Å². The fourth-order valence-corrected chi connectivity index (χ4v) is 2.10. The summed E-state index contributed by atoms with van der Waals surface area (Å²) in [4.78, 5) is 3.36. The molecule has 0 atom stereocenters. The van der Waals surface area contributed by atoms with Crippen LogP contribution < -0.4 is 4.53 Å². The number of hydrogen-bond acceptors (Lipinski definition) is 1. The van der Waals surface area contributed by atoms with Crippen molar-refractivity contribution >= 4 is 10.7 Å². The first kappa shape index (κ1) is 13.2. The van der Waals surface area contributed by atoms with Crippen LogP contribution >= 0.6 is 0 Å². The number of hydrogen-bond donors (Lipinski definition) is 2. The van der Waals surface area contributed by atoms with Crippen LogP contribution in [-0.2, 0) is 28.3 Å². The SMILES string of the molecule is C=C(C)Cc1[nH]c(CC(C)C)[c]([Ni])c1C=N. The normalized spacial score (nSPS) is 10.9. The Hall–Kier alpha value is -0.816. The molecule has 1 rings (SSSR count). The Labute approximate surface area is 105 Å². The van der Waals surface area contributed by atoms with Gasteiger partial charge in [0.15, 0.2) is 0 Å². The van der Waals surface area contributed by atoms with Crippen LogP contribution in [0.5, 0.6) is 0 Å². The molecule has 2 N–H and O–H groups in total. The Morgan fingerprint density at radius 1 is 1.50 bits per heavy atom. The van der Waals surface area contributed by atoms with E-state index in [1.807, 2.05) is 6.92 Å². The van der Waals surface area contributed by atoms with E-state index in [1.54, 1.807) is 0 Å². The van der Waals surface area contributed by atoms with Gasteiger partial charge in [0.05, 0.1) is 0 Å². The van der Waals surface area contributed by atoms with Crippen molar-refractivity contribution in [1.29, 1.82) is 5.41 Å². The Bertz CT molecular complexity index is 402. The van der Waals surface area contributed by atoms with E-state index in [0.29, 0.717) is 5.92 Å². The first-order valence-electron chi connectivity index (χ1n) is 5.46. The molecule has 0 aliphatic heterocycles. The van der Waals surface area contributed by atoms with Crippen LogP contribution in [0.2, 0.25) is 0 Å². The molecule has 1 aromatic rings. The van der Waals surface area contributed by atoms with Gasteiger partial charge in [0.2, 0.25) is 0 Å². The summed E-state index contributed by atoms with van der Waals surface area (Å²) in [7, 11) is 0. The van der Waals surface area contributed by atoms with E-state index in [9.17, 15) is 0 Å². The second-order valence-electron chi connectivity index (χ2n) is 4.66. The molecular weight excluding hydrogens is 243 g/mol. The van der Waals surface area contributed by atoms with Gasteiger partial charge in [-0.05, 0) is 0 Å². The van der Waals surface area contributed by atoms with Crippen molar-refractivity contribution in [1.82, 2.24) is 4.98 Å². The van der Waals surface area contributed by atoms with Crippen molar-refractivity contribution in [3.63, 3.8) is 0 Å². The second-order valence-corrected chi connectivity index (χ2v) is 5.15. The molecule has 0 aliphatic carbocycles. The van der Waals surface area contributed by atoms with Gasteiger partial charge in [0.25, 0.3) is 0 Å². The third kappa shape index (κ3) is 3.09.